The van der Waals surface area contributed by atoms with Crippen LogP contribution in [0, 0.1) is 0 Å². The first-order valence-electron chi connectivity index (χ1n) is 22.9. The van der Waals surface area contributed by atoms with E-state index in [-0.39, 0.29) is 0 Å². The van der Waals surface area contributed by atoms with Gasteiger partial charge in [0.25, 0.3) is 0 Å². The Labute approximate surface area is 397 Å². The van der Waals surface area contributed by atoms with Gasteiger partial charge >= 0.3 is 0 Å². The number of hydrogen-bond donors (Lipinski definition) is 0. The largest absolute Gasteiger partial charge is 0.309 e. The van der Waals surface area contributed by atoms with Crippen LogP contribution < -0.4 is 0 Å². The molecule has 15 aromatic rings. The van der Waals surface area contributed by atoms with Crippen molar-refractivity contribution >= 4 is 117 Å². The zero-order valence-electron chi connectivity index (χ0n) is 36.3. The van der Waals surface area contributed by atoms with Crippen LogP contribution in [0.15, 0.2) is 212 Å². The predicted octanol–water partition coefficient (Wildman–Crippen LogP) is 17.0. The van der Waals surface area contributed by atoms with Gasteiger partial charge in [0.2, 0.25) is 0 Å². The van der Waals surface area contributed by atoms with Crippen molar-refractivity contribution in [3.63, 3.8) is 0 Å². The minimum atomic E-state index is 0.625. The molecule has 68 heavy (non-hydrogen) atoms. The Kier molecular flexibility index (Phi) is 8.04. The van der Waals surface area contributed by atoms with Crippen LogP contribution >= 0.6 is 22.7 Å². The average Bonchev–Trinajstić information content (AvgIpc) is 4.15. The van der Waals surface area contributed by atoms with Gasteiger partial charge in [0.15, 0.2) is 17.5 Å². The summed E-state index contributed by atoms with van der Waals surface area (Å²) in [6.07, 6.45) is 0. The van der Waals surface area contributed by atoms with Gasteiger partial charge in [-0.3, -0.25) is 0 Å². The highest BCUT2D eigenvalue weighted by Crippen LogP contribution is 2.47. The molecule has 0 saturated carbocycles. The molecule has 316 valence electrons. The molecule has 0 N–H and O–H groups in total. The molecular formula is C61H35N5S2. The maximum atomic E-state index is 5.73. The van der Waals surface area contributed by atoms with Gasteiger partial charge in [0, 0.05) is 78.7 Å². The molecule has 15 rings (SSSR count). The van der Waals surface area contributed by atoms with E-state index >= 15 is 0 Å². The van der Waals surface area contributed by atoms with Gasteiger partial charge in [0.1, 0.15) is 0 Å². The smallest absolute Gasteiger partial charge is 0.167 e. The second-order valence-electron chi connectivity index (χ2n) is 17.5. The van der Waals surface area contributed by atoms with Crippen LogP contribution in [0.5, 0.6) is 0 Å². The van der Waals surface area contributed by atoms with Crippen molar-refractivity contribution in [3.05, 3.63) is 212 Å². The lowest BCUT2D eigenvalue weighted by molar-refractivity contribution is 1.07. The van der Waals surface area contributed by atoms with Crippen molar-refractivity contribution < 1.29 is 0 Å². The van der Waals surface area contributed by atoms with Gasteiger partial charge in [-0.25, -0.2) is 15.0 Å². The molecular weight excluding hydrogens is 867 g/mol. The van der Waals surface area contributed by atoms with Gasteiger partial charge in [-0.05, 0) is 77.5 Å². The van der Waals surface area contributed by atoms with E-state index in [0.717, 1.165) is 71.0 Å². The summed E-state index contributed by atoms with van der Waals surface area (Å²) < 4.78 is 9.59. The SMILES string of the molecule is c1ccc(-n2c3ccccc3c3c(-c4nc(-c5c(-n6c7ccccc7c7cc8ccccc8cc76)ccc6c5sc5ccccc56)nc(-c5cccc6sc7ccccc7c56)n4)cccc32)cc1. The van der Waals surface area contributed by atoms with Gasteiger partial charge in [-0.15, -0.1) is 22.7 Å². The van der Waals surface area contributed by atoms with E-state index in [2.05, 4.69) is 221 Å². The third-order valence-electron chi connectivity index (χ3n) is 13.8. The number of hydrogen-bond acceptors (Lipinski definition) is 5. The van der Waals surface area contributed by atoms with E-state index in [4.69, 9.17) is 15.0 Å². The number of benzene rings is 10. The summed E-state index contributed by atoms with van der Waals surface area (Å²) in [7, 11) is 0. The molecule has 5 aromatic heterocycles. The molecule has 0 fully saturated rings. The van der Waals surface area contributed by atoms with Gasteiger partial charge in [0.05, 0.1) is 33.3 Å². The number of para-hydroxylation sites is 3. The zero-order chi connectivity index (χ0) is 44.5. The van der Waals surface area contributed by atoms with Crippen molar-refractivity contribution in [2.75, 3.05) is 0 Å². The van der Waals surface area contributed by atoms with E-state index < -0.39 is 0 Å². The molecule has 5 nitrogen and oxygen atoms in total. The number of aromatic nitrogens is 5. The molecule has 7 heteroatoms. The Morgan fingerprint density at radius 1 is 0.324 bits per heavy atom. The van der Waals surface area contributed by atoms with Crippen LogP contribution in [-0.2, 0) is 0 Å². The topological polar surface area (TPSA) is 48.5 Å². The van der Waals surface area contributed by atoms with E-state index in [1.807, 2.05) is 22.7 Å². The first kappa shape index (κ1) is 37.7. The minimum absolute atomic E-state index is 0.625. The third kappa shape index (κ3) is 5.45. The summed E-state index contributed by atoms with van der Waals surface area (Å²) in [6, 6.07) is 76.6. The Hall–Kier alpha value is -8.49. The van der Waals surface area contributed by atoms with Crippen molar-refractivity contribution in [2.24, 2.45) is 0 Å². The van der Waals surface area contributed by atoms with Crippen LogP contribution in [0.1, 0.15) is 0 Å². The molecule has 0 unspecified atom stereocenters. The fraction of sp³-hybridized carbons (Fsp3) is 0. The molecule has 0 amide bonds. The van der Waals surface area contributed by atoms with Crippen molar-refractivity contribution in [1.29, 1.82) is 0 Å². The lowest BCUT2D eigenvalue weighted by Crippen LogP contribution is -2.04. The second kappa shape index (κ2) is 14.5. The normalized spacial score (nSPS) is 12.1. The number of fused-ring (bicyclic) bond motifs is 13. The van der Waals surface area contributed by atoms with Crippen LogP contribution in [0.2, 0.25) is 0 Å². The highest BCUT2D eigenvalue weighted by atomic mass is 32.1. The summed E-state index contributed by atoms with van der Waals surface area (Å²) >= 11 is 3.61. The molecule has 0 aliphatic rings. The first-order chi connectivity index (χ1) is 33.7. The Balaban J connectivity index is 1.10. The van der Waals surface area contributed by atoms with Crippen LogP contribution in [-0.4, -0.2) is 24.1 Å². The minimum Gasteiger partial charge on any atom is -0.309 e. The molecule has 0 bridgehead atoms. The lowest BCUT2D eigenvalue weighted by Gasteiger charge is -2.16. The highest BCUT2D eigenvalue weighted by molar-refractivity contribution is 7.26. The van der Waals surface area contributed by atoms with Crippen LogP contribution in [0.25, 0.3) is 140 Å². The molecule has 0 radical (unpaired) electrons. The van der Waals surface area contributed by atoms with Crippen molar-refractivity contribution in [2.45, 2.75) is 0 Å². The van der Waals surface area contributed by atoms with Gasteiger partial charge in [-0.1, -0.05) is 146 Å². The molecule has 5 heterocycles. The average molecular weight is 902 g/mol. The Bertz CT molecular complexity index is 4570. The first-order valence-corrected chi connectivity index (χ1v) is 24.5. The summed E-state index contributed by atoms with van der Waals surface area (Å²) in [6.45, 7) is 0. The van der Waals surface area contributed by atoms with E-state index in [0.29, 0.717) is 17.5 Å². The number of rotatable bonds is 5. The van der Waals surface area contributed by atoms with Crippen molar-refractivity contribution in [3.8, 4) is 45.5 Å². The van der Waals surface area contributed by atoms with Crippen molar-refractivity contribution in [1.82, 2.24) is 24.1 Å². The predicted molar refractivity (Wildman–Crippen MR) is 288 cm³/mol. The maximum absolute atomic E-state index is 5.73. The van der Waals surface area contributed by atoms with Gasteiger partial charge < -0.3 is 9.13 Å². The monoisotopic (exact) mass is 901 g/mol. The molecule has 0 aliphatic carbocycles. The van der Waals surface area contributed by atoms with E-state index in [9.17, 15) is 0 Å². The maximum Gasteiger partial charge on any atom is 0.167 e. The molecule has 0 atom stereocenters. The Morgan fingerprint density at radius 2 is 0.897 bits per heavy atom. The van der Waals surface area contributed by atoms with Crippen LogP contribution in [0.3, 0.4) is 0 Å². The summed E-state index contributed by atoms with van der Waals surface area (Å²) in [4.78, 5) is 17.0. The van der Waals surface area contributed by atoms with Gasteiger partial charge in [-0.2, -0.15) is 0 Å². The number of thiophene rings is 2. The van der Waals surface area contributed by atoms with E-state index in [1.165, 1.54) is 51.8 Å². The molecule has 0 aliphatic heterocycles. The lowest BCUT2D eigenvalue weighted by atomic mass is 10.0. The molecule has 0 saturated heterocycles. The highest BCUT2D eigenvalue weighted by Gasteiger charge is 2.26. The standard InChI is InChI=1S/C61H35N5S2/c1-2-18-38(19-3-1)65-48-27-11-7-22-42(48)55-44(24-14-28-49(55)65)59-62-60(45-25-15-31-54-56(45)43-23-9-13-30-53(43)67-54)64-61(63-59)57-50(33-32-41-40-21-8-12-29-52(40)68-58(41)57)66-47-26-10-6-20-39(47)46-34-36-16-4-5-17-37(36)35-51(46)66/h1-35H. The summed E-state index contributed by atoms with van der Waals surface area (Å²) in [5, 5.41) is 11.8. The van der Waals surface area contributed by atoms with E-state index in [1.54, 1.807) is 0 Å². The second-order valence-corrected chi connectivity index (χ2v) is 19.6. The Morgan fingerprint density at radius 3 is 1.69 bits per heavy atom. The summed E-state index contributed by atoms with van der Waals surface area (Å²) in [5.41, 5.74) is 9.51. The third-order valence-corrected chi connectivity index (χ3v) is 16.1. The van der Waals surface area contributed by atoms with Crippen LogP contribution in [0.4, 0.5) is 0 Å². The molecule has 0 spiro atoms. The number of nitrogens with zero attached hydrogens (tertiary/aromatic N) is 5. The summed E-state index contributed by atoms with van der Waals surface area (Å²) in [5.74, 6) is 1.89. The fourth-order valence-electron chi connectivity index (χ4n) is 10.8. The quantitative estimate of drug-likeness (QED) is 0.173. The fourth-order valence-corrected chi connectivity index (χ4v) is 13.2. The molecule has 10 aromatic carbocycles. The zero-order valence-corrected chi connectivity index (χ0v) is 37.9.